The van der Waals surface area contributed by atoms with Gasteiger partial charge in [-0.15, -0.1) is 0 Å². The number of Topliss-reactive ketones (excluding diaryl/α,β-unsaturated/α-hetero) is 1. The van der Waals surface area contributed by atoms with Crippen molar-refractivity contribution in [3.8, 4) is 0 Å². The highest BCUT2D eigenvalue weighted by atomic mass is 16.8. The number of aliphatic hydroxyl groups excluding tert-OH is 1. The maximum Gasteiger partial charge on any atom is 0.331 e. The Kier molecular flexibility index (Phi) is 17.8. The molecule has 0 aromatic heterocycles. The molecule has 4 saturated heterocycles. The number of rotatable bonds is 16. The van der Waals surface area contributed by atoms with Crippen LogP contribution in [-0.2, 0) is 71.2 Å². The van der Waals surface area contributed by atoms with E-state index >= 15 is 0 Å². The summed E-state index contributed by atoms with van der Waals surface area (Å²) in [7, 11) is 6.52. The highest BCUT2D eigenvalue weighted by Gasteiger charge is 2.77. The van der Waals surface area contributed by atoms with Crippen LogP contribution in [-0.4, -0.2) is 177 Å². The van der Waals surface area contributed by atoms with E-state index in [1.54, 1.807) is 41.4 Å². The van der Waals surface area contributed by atoms with Crippen LogP contribution in [0.3, 0.4) is 0 Å². The molecule has 0 amide bonds. The Bertz CT molecular complexity index is 2210. The van der Waals surface area contributed by atoms with Crippen molar-refractivity contribution in [3.63, 3.8) is 0 Å². The number of hydrogen-bond donors (Lipinski definition) is 3. The second kappa shape index (κ2) is 23.4. The van der Waals surface area contributed by atoms with Crippen LogP contribution < -0.4 is 0 Å². The average Bonchev–Trinajstić information content (AvgIpc) is 3.82. The predicted octanol–water partition coefficient (Wildman–Crippen LogP) is 6.12. The fourth-order valence-electron chi connectivity index (χ4n) is 15.1. The van der Waals surface area contributed by atoms with E-state index in [2.05, 4.69) is 13.0 Å². The molecule has 4 aliphatic carbocycles. The lowest BCUT2D eigenvalue weighted by Gasteiger charge is -2.66. The lowest BCUT2D eigenvalue weighted by atomic mass is 9.43. The first-order chi connectivity index (χ1) is 36.2. The molecule has 4 aliphatic heterocycles. The molecule has 76 heavy (non-hydrogen) atoms. The molecule has 3 N–H and O–H groups in total. The Morgan fingerprint density at radius 2 is 1.16 bits per heavy atom. The fourth-order valence-corrected chi connectivity index (χ4v) is 15.1. The maximum absolute atomic E-state index is 13.6. The molecule has 0 unspecified atom stereocenters. The van der Waals surface area contributed by atoms with Crippen molar-refractivity contribution < 1.29 is 86.5 Å². The molecular formula is C58H86O18. The Morgan fingerprint density at radius 1 is 0.658 bits per heavy atom. The van der Waals surface area contributed by atoms with Crippen LogP contribution in [0.15, 0.2) is 48.1 Å². The summed E-state index contributed by atoms with van der Waals surface area (Å²) in [6.45, 7) is 13.1. The van der Waals surface area contributed by atoms with Gasteiger partial charge in [-0.2, -0.15) is 0 Å². The minimum Gasteiger partial charge on any atom is -0.458 e. The van der Waals surface area contributed by atoms with Crippen LogP contribution in [0.2, 0.25) is 0 Å². The first kappa shape index (κ1) is 57.9. The fraction of sp³-hybridized carbons (Fsp3) is 0.793. The van der Waals surface area contributed by atoms with E-state index in [4.69, 9.17) is 61.6 Å². The minimum absolute atomic E-state index is 0.0868. The lowest BCUT2D eigenvalue weighted by molar-refractivity contribution is -0.347. The van der Waals surface area contributed by atoms with Crippen LogP contribution in [0.4, 0.5) is 0 Å². The number of hydrogen-bond acceptors (Lipinski definition) is 18. The molecule has 4 heterocycles. The van der Waals surface area contributed by atoms with Gasteiger partial charge in [-0.25, -0.2) is 4.79 Å². The Balaban J connectivity index is 0.802. The Morgan fingerprint density at radius 3 is 1.67 bits per heavy atom. The predicted molar refractivity (Wildman–Crippen MR) is 274 cm³/mol. The molecule has 1 aromatic rings. The van der Waals surface area contributed by atoms with E-state index in [1.165, 1.54) is 13.0 Å². The first-order valence-corrected chi connectivity index (χ1v) is 27.8. The number of aliphatic hydroxyl groups is 3. The van der Waals surface area contributed by atoms with E-state index in [1.807, 2.05) is 58.0 Å². The van der Waals surface area contributed by atoms with Crippen LogP contribution in [0.5, 0.6) is 0 Å². The van der Waals surface area contributed by atoms with Crippen molar-refractivity contribution in [2.75, 3.05) is 28.4 Å². The van der Waals surface area contributed by atoms with E-state index in [9.17, 15) is 24.9 Å². The molecule has 3 saturated carbocycles. The minimum atomic E-state index is -1.68. The van der Waals surface area contributed by atoms with Gasteiger partial charge < -0.3 is 76.9 Å². The maximum atomic E-state index is 13.6. The zero-order valence-electron chi connectivity index (χ0n) is 46.4. The Labute approximate surface area is 448 Å². The smallest absolute Gasteiger partial charge is 0.331 e. The number of methoxy groups -OCH3 is 4. The van der Waals surface area contributed by atoms with Crippen molar-refractivity contribution in [3.05, 3.63) is 53.6 Å². The first-order valence-electron chi connectivity index (χ1n) is 27.8. The number of esters is 1. The van der Waals surface area contributed by atoms with E-state index in [0.717, 1.165) is 11.1 Å². The molecule has 18 heteroatoms. The number of carbonyl (C=O) groups is 2. The number of ketones is 1. The van der Waals surface area contributed by atoms with E-state index in [-0.39, 0.29) is 36.9 Å². The molecule has 18 nitrogen and oxygen atoms in total. The Hall–Kier alpha value is -2.76. The summed E-state index contributed by atoms with van der Waals surface area (Å²) in [5.74, 6) is -1.68. The van der Waals surface area contributed by atoms with Crippen molar-refractivity contribution in [1.82, 2.24) is 0 Å². The van der Waals surface area contributed by atoms with Gasteiger partial charge in [-0.1, -0.05) is 55.8 Å². The zero-order chi connectivity index (χ0) is 54.5. The number of benzene rings is 1. The normalized spacial score (nSPS) is 47.6. The summed E-state index contributed by atoms with van der Waals surface area (Å²) in [5, 5.41) is 36.4. The molecule has 426 valence electrons. The number of carbonyl (C=O) groups excluding carboxylic acids is 2. The zero-order valence-corrected chi connectivity index (χ0v) is 46.4. The largest absolute Gasteiger partial charge is 0.458 e. The lowest BCUT2D eigenvalue weighted by Crippen LogP contribution is -2.75. The standard InChI is InChI=1S/C58H86O18/c1-31(59)39-21-24-58(63)56(39,7)45(73-46(60)18-17-36-15-13-12-14-16-36)30-44-55(6)22-20-38(25-37(55)19-23-57(44,58)62)72-47-27-41(65-9)52(33(3)69-47)75-49-29-43(67-11)54(35(5)71-49)76-50-28-42(66-10)53(34(4)70-50)74-48-26-40(64-8)51(61)32(2)68-48/h12-19,32-35,38-45,47-54,61-63H,20-30H2,1-11H3/b18-17+/t32-,33-,34-,35-,38+,39+,40-,41+,42-,43+,44-,45-,47+,48+,49+,50+,51-,52-,53-,54-,55+,56+,57+,58-/m1/s1. The van der Waals surface area contributed by atoms with Crippen molar-refractivity contribution in [1.29, 1.82) is 0 Å². The van der Waals surface area contributed by atoms with Gasteiger partial charge in [-0.05, 0) is 96.6 Å². The van der Waals surface area contributed by atoms with Gasteiger partial charge in [0.05, 0.1) is 54.9 Å². The molecule has 8 aliphatic rings. The van der Waals surface area contributed by atoms with Gasteiger partial charge in [0.1, 0.15) is 47.5 Å². The topological polar surface area (TPSA) is 215 Å². The van der Waals surface area contributed by atoms with Crippen LogP contribution in [0.25, 0.3) is 6.08 Å². The van der Waals surface area contributed by atoms with E-state index in [0.29, 0.717) is 57.8 Å². The summed E-state index contributed by atoms with van der Waals surface area (Å²) in [5.41, 5.74) is -3.00. The third kappa shape index (κ3) is 10.8. The summed E-state index contributed by atoms with van der Waals surface area (Å²) < 4.78 is 81.8. The van der Waals surface area contributed by atoms with Crippen molar-refractivity contribution in [2.24, 2.45) is 22.7 Å². The van der Waals surface area contributed by atoms with Crippen molar-refractivity contribution in [2.45, 2.75) is 241 Å². The molecule has 0 spiro atoms. The summed E-state index contributed by atoms with van der Waals surface area (Å²) in [6, 6.07) is 9.47. The third-order valence-corrected chi connectivity index (χ3v) is 19.4. The molecule has 24 atom stereocenters. The molecule has 9 rings (SSSR count). The van der Waals surface area contributed by atoms with Crippen LogP contribution in [0.1, 0.15) is 125 Å². The van der Waals surface area contributed by atoms with Gasteiger partial charge in [0.25, 0.3) is 0 Å². The van der Waals surface area contributed by atoms with Crippen LogP contribution in [0, 0.1) is 22.7 Å². The summed E-state index contributed by atoms with van der Waals surface area (Å²) >= 11 is 0. The highest BCUT2D eigenvalue weighted by Crippen LogP contribution is 2.70. The van der Waals surface area contributed by atoms with Gasteiger partial charge in [0.2, 0.25) is 0 Å². The number of ether oxygens (including phenoxy) is 13. The average molecular weight is 1070 g/mol. The SMILES string of the molecule is CO[C@H]1C[C@H](O[C@H]2CC[C@@]3(C)C(=CC[C@]4(O)[C@@H]3C[C@@H](OC(=O)/C=C/c3ccccc3)[C@]3(C)[C@H](C(C)=O)CC[C@@]34O)C2)O[C@H](C)[C@H]1O[C@H]1C[C@H](OC)[C@H](O[C@H]2C[C@@H](OC)[C@H](O[C@H]3C[C@@H](OC)[C@H](O)[C@@H](C)O3)[C@@H](C)O2)[C@@H](C)O1. The summed E-state index contributed by atoms with van der Waals surface area (Å²) in [6.07, 6.45) is 0.840. The van der Waals surface area contributed by atoms with Gasteiger partial charge in [-0.3, -0.25) is 4.79 Å². The molecule has 0 radical (unpaired) electrons. The molecule has 0 bridgehead atoms. The monoisotopic (exact) mass is 1070 g/mol. The molecule has 1 aromatic carbocycles. The van der Waals surface area contributed by atoms with Gasteiger partial charge in [0.15, 0.2) is 25.2 Å². The summed E-state index contributed by atoms with van der Waals surface area (Å²) in [4.78, 5) is 26.9. The highest BCUT2D eigenvalue weighted by molar-refractivity contribution is 5.87. The van der Waals surface area contributed by atoms with Crippen molar-refractivity contribution >= 4 is 17.8 Å². The molecular weight excluding hydrogens is 985 g/mol. The number of fused-ring (bicyclic) bond motifs is 5. The third-order valence-electron chi connectivity index (χ3n) is 19.4. The second-order valence-electron chi connectivity index (χ2n) is 23.5. The quantitative estimate of drug-likeness (QED) is 0.0966. The van der Waals surface area contributed by atoms with E-state index < -0.39 is 132 Å². The van der Waals surface area contributed by atoms with Gasteiger partial charge >= 0.3 is 5.97 Å². The van der Waals surface area contributed by atoms with Gasteiger partial charge in [0, 0.05) is 77.4 Å². The second-order valence-corrected chi connectivity index (χ2v) is 23.5. The van der Waals surface area contributed by atoms with Crippen LogP contribution >= 0.6 is 0 Å². The molecule has 7 fully saturated rings.